The monoisotopic (exact) mass is 349 g/mol. The van der Waals surface area contributed by atoms with Gasteiger partial charge in [-0.15, -0.1) is 0 Å². The van der Waals surface area contributed by atoms with Crippen LogP contribution in [0.4, 0.5) is 5.69 Å². The molecule has 1 saturated heterocycles. The smallest absolute Gasteiger partial charge is 0.279 e. The topological polar surface area (TPSA) is 48.8 Å². The van der Waals surface area contributed by atoms with Crippen molar-refractivity contribution in [2.75, 3.05) is 44.6 Å². The van der Waals surface area contributed by atoms with Crippen molar-refractivity contribution in [3.05, 3.63) is 29.8 Å². The molecule has 1 aliphatic rings. The lowest BCUT2D eigenvalue weighted by atomic mass is 10.1. The third kappa shape index (κ3) is 5.46. The summed E-state index contributed by atoms with van der Waals surface area (Å²) in [5, 5.41) is 7.18. The number of nitrogens with one attached hydrogen (secondary N) is 3. The molecule has 0 radical (unpaired) electrons. The van der Waals surface area contributed by atoms with Gasteiger partial charge < -0.3 is 20.4 Å². The second-order valence-electron chi connectivity index (χ2n) is 6.20. The number of carbonyl (C=O) groups is 1. The van der Waals surface area contributed by atoms with Crippen molar-refractivity contribution in [3.63, 3.8) is 0 Å². The van der Waals surface area contributed by atoms with Crippen LogP contribution in [-0.2, 0) is 11.2 Å². The molecule has 0 aliphatic carbocycles. The van der Waals surface area contributed by atoms with Gasteiger partial charge >= 0.3 is 0 Å². The van der Waals surface area contributed by atoms with Crippen LogP contribution in [0.3, 0.4) is 0 Å². The average molecular weight is 350 g/mol. The van der Waals surface area contributed by atoms with Crippen LogP contribution in [0.15, 0.2) is 24.3 Å². The summed E-state index contributed by atoms with van der Waals surface area (Å²) in [6.45, 7) is 9.37. The maximum Gasteiger partial charge on any atom is 0.279 e. The highest BCUT2D eigenvalue weighted by molar-refractivity contribution is 7.80. The standard InChI is InChI=1S/C18H28N4OS/c1-3-9-19-18(24)22-12-10-21(11-13-22)14-17(23)20-16-8-6-5-7-15(16)4-2/h5-8H,3-4,9-14H2,1-2H3,(H,19,24)(H,20,23)/p+1. The number of hydrogen-bond donors (Lipinski definition) is 3. The van der Waals surface area contributed by atoms with Crippen LogP contribution in [0.2, 0.25) is 0 Å². The highest BCUT2D eigenvalue weighted by Crippen LogP contribution is 2.14. The molecule has 24 heavy (non-hydrogen) atoms. The number of anilines is 1. The van der Waals surface area contributed by atoms with Crippen molar-refractivity contribution in [2.45, 2.75) is 26.7 Å². The van der Waals surface area contributed by atoms with Gasteiger partial charge in [0.1, 0.15) is 0 Å². The van der Waals surface area contributed by atoms with Crippen molar-refractivity contribution < 1.29 is 9.69 Å². The number of carbonyl (C=O) groups excluding carboxylic acids is 1. The minimum absolute atomic E-state index is 0.0889. The van der Waals surface area contributed by atoms with Crippen LogP contribution in [0.1, 0.15) is 25.8 Å². The lowest BCUT2D eigenvalue weighted by Crippen LogP contribution is -3.15. The number of benzene rings is 1. The van der Waals surface area contributed by atoms with Crippen LogP contribution in [-0.4, -0.2) is 55.2 Å². The maximum absolute atomic E-state index is 12.3. The Hall–Kier alpha value is -1.66. The van der Waals surface area contributed by atoms with Crippen LogP contribution >= 0.6 is 12.2 Å². The van der Waals surface area contributed by atoms with E-state index in [0.29, 0.717) is 6.54 Å². The van der Waals surface area contributed by atoms with Crippen molar-refractivity contribution in [1.29, 1.82) is 0 Å². The summed E-state index contributed by atoms with van der Waals surface area (Å²) in [5.41, 5.74) is 2.12. The molecule has 1 aromatic carbocycles. The Labute approximate surface area is 150 Å². The molecular formula is C18H29N4OS+. The van der Waals surface area contributed by atoms with Gasteiger partial charge in [0, 0.05) is 12.2 Å². The van der Waals surface area contributed by atoms with Gasteiger partial charge in [-0.05, 0) is 36.7 Å². The number of amides is 1. The lowest BCUT2D eigenvalue weighted by Gasteiger charge is -2.33. The van der Waals surface area contributed by atoms with E-state index in [2.05, 4.69) is 35.4 Å². The number of nitrogens with zero attached hydrogens (tertiary/aromatic N) is 1. The third-order valence-corrected chi connectivity index (χ3v) is 4.77. The van der Waals surface area contributed by atoms with E-state index in [1.165, 1.54) is 10.5 Å². The number of para-hydroxylation sites is 1. The summed E-state index contributed by atoms with van der Waals surface area (Å²) < 4.78 is 0. The summed E-state index contributed by atoms with van der Waals surface area (Å²) in [5.74, 6) is 0.0889. The molecule has 0 spiro atoms. The molecule has 3 N–H and O–H groups in total. The molecule has 6 heteroatoms. The second kappa shape index (κ2) is 9.59. The molecule has 0 aromatic heterocycles. The zero-order valence-corrected chi connectivity index (χ0v) is 15.5. The van der Waals surface area contributed by atoms with Gasteiger partial charge in [-0.25, -0.2) is 0 Å². The van der Waals surface area contributed by atoms with Crippen LogP contribution in [0.5, 0.6) is 0 Å². The molecule has 5 nitrogen and oxygen atoms in total. The van der Waals surface area contributed by atoms with Gasteiger partial charge in [0.15, 0.2) is 11.7 Å². The Kier molecular flexibility index (Phi) is 7.46. The summed E-state index contributed by atoms with van der Waals surface area (Å²) in [4.78, 5) is 15.8. The fourth-order valence-corrected chi connectivity index (χ4v) is 3.20. The highest BCUT2D eigenvalue weighted by atomic mass is 32.1. The SMILES string of the molecule is CCCNC(=S)N1CC[NH+](CC(=O)Nc2ccccc2CC)CC1. The van der Waals surface area contributed by atoms with E-state index in [0.717, 1.165) is 56.4 Å². The zero-order valence-electron chi connectivity index (χ0n) is 14.7. The number of piperazine rings is 1. The molecule has 1 amide bonds. The van der Waals surface area contributed by atoms with Crippen molar-refractivity contribution >= 4 is 28.9 Å². The molecule has 0 unspecified atom stereocenters. The second-order valence-corrected chi connectivity index (χ2v) is 6.59. The first kappa shape index (κ1) is 18.7. The molecule has 1 aliphatic heterocycles. The van der Waals surface area contributed by atoms with Gasteiger partial charge in [-0.1, -0.05) is 32.0 Å². The average Bonchev–Trinajstić information content (AvgIpc) is 2.60. The number of quaternary nitrogens is 1. The number of aryl methyl sites for hydroxylation is 1. The summed E-state index contributed by atoms with van der Waals surface area (Å²) in [6, 6.07) is 8.01. The summed E-state index contributed by atoms with van der Waals surface area (Å²) in [6.07, 6.45) is 1.99. The zero-order chi connectivity index (χ0) is 17.4. The van der Waals surface area contributed by atoms with E-state index >= 15 is 0 Å². The first-order valence-corrected chi connectivity index (χ1v) is 9.29. The normalized spacial score (nSPS) is 15.2. The van der Waals surface area contributed by atoms with Crippen molar-refractivity contribution in [1.82, 2.24) is 10.2 Å². The molecule has 0 atom stereocenters. The van der Waals surface area contributed by atoms with Crippen molar-refractivity contribution in [2.24, 2.45) is 0 Å². The van der Waals surface area contributed by atoms with Gasteiger partial charge in [-0.2, -0.15) is 0 Å². The molecule has 1 heterocycles. The molecule has 1 fully saturated rings. The predicted octanol–water partition coefficient (Wildman–Crippen LogP) is 0.673. The van der Waals surface area contributed by atoms with E-state index in [-0.39, 0.29) is 5.91 Å². The van der Waals surface area contributed by atoms with Crippen molar-refractivity contribution in [3.8, 4) is 0 Å². The Balaban J connectivity index is 1.77. The molecule has 132 valence electrons. The van der Waals surface area contributed by atoms with E-state index < -0.39 is 0 Å². The minimum Gasteiger partial charge on any atom is -0.363 e. The van der Waals surface area contributed by atoms with E-state index in [4.69, 9.17) is 12.2 Å². The third-order valence-electron chi connectivity index (χ3n) is 4.37. The molecule has 2 rings (SSSR count). The van der Waals surface area contributed by atoms with Gasteiger partial charge in [0.05, 0.1) is 26.2 Å². The molecule has 0 saturated carbocycles. The van der Waals surface area contributed by atoms with Crippen LogP contribution < -0.4 is 15.5 Å². The number of rotatable bonds is 6. The maximum atomic E-state index is 12.3. The number of hydrogen-bond acceptors (Lipinski definition) is 2. The predicted molar refractivity (Wildman–Crippen MR) is 102 cm³/mol. The van der Waals surface area contributed by atoms with Crippen LogP contribution in [0.25, 0.3) is 0 Å². The van der Waals surface area contributed by atoms with Gasteiger partial charge in [-0.3, -0.25) is 4.79 Å². The fraction of sp³-hybridized carbons (Fsp3) is 0.556. The number of thiocarbonyl (C=S) groups is 1. The molecule has 1 aromatic rings. The first-order valence-electron chi connectivity index (χ1n) is 8.88. The highest BCUT2D eigenvalue weighted by Gasteiger charge is 2.23. The largest absolute Gasteiger partial charge is 0.363 e. The van der Waals surface area contributed by atoms with E-state index in [1.54, 1.807) is 0 Å². The van der Waals surface area contributed by atoms with E-state index in [9.17, 15) is 4.79 Å². The Morgan fingerprint density at radius 1 is 1.25 bits per heavy atom. The van der Waals surface area contributed by atoms with Gasteiger partial charge in [0.2, 0.25) is 0 Å². The first-order chi connectivity index (χ1) is 11.6. The lowest BCUT2D eigenvalue weighted by molar-refractivity contribution is -0.895. The summed E-state index contributed by atoms with van der Waals surface area (Å²) in [7, 11) is 0. The van der Waals surface area contributed by atoms with Gasteiger partial charge in [0.25, 0.3) is 5.91 Å². The Bertz CT molecular complexity index is 556. The van der Waals surface area contributed by atoms with Crippen LogP contribution in [0, 0.1) is 0 Å². The fourth-order valence-electron chi connectivity index (χ4n) is 2.92. The quantitative estimate of drug-likeness (QED) is 0.661. The Morgan fingerprint density at radius 2 is 1.96 bits per heavy atom. The molecular weight excluding hydrogens is 320 g/mol. The molecule has 0 bridgehead atoms. The van der Waals surface area contributed by atoms with E-state index in [1.807, 2.05) is 18.2 Å². The summed E-state index contributed by atoms with van der Waals surface area (Å²) >= 11 is 5.41. The minimum atomic E-state index is 0.0889. The Morgan fingerprint density at radius 3 is 2.62 bits per heavy atom.